The summed E-state index contributed by atoms with van der Waals surface area (Å²) in [5, 5.41) is 8.82. The lowest BCUT2D eigenvalue weighted by Gasteiger charge is -2.02. The summed E-state index contributed by atoms with van der Waals surface area (Å²) in [6.45, 7) is 2.11. The van der Waals surface area contributed by atoms with Gasteiger partial charge in [0.1, 0.15) is 0 Å². The topological polar surface area (TPSA) is 63.1 Å². The fourth-order valence-electron chi connectivity index (χ4n) is 1.27. The quantitative estimate of drug-likeness (QED) is 0.727. The molecule has 0 aliphatic heterocycles. The number of hydrogen-bond acceptors (Lipinski definition) is 3. The second-order valence-corrected chi connectivity index (χ2v) is 3.11. The molecule has 14 heavy (non-hydrogen) atoms. The minimum Gasteiger partial charge on any atom is -0.476 e. The van der Waals surface area contributed by atoms with E-state index in [2.05, 4.69) is 16.9 Å². The normalized spacial score (nSPS) is 10.1. The van der Waals surface area contributed by atoms with Crippen LogP contribution in [-0.2, 0) is 6.42 Å². The zero-order valence-electron chi connectivity index (χ0n) is 8.23. The Morgan fingerprint density at radius 2 is 2.07 bits per heavy atom. The molecule has 1 aromatic rings. The van der Waals surface area contributed by atoms with E-state index in [1.807, 2.05) is 0 Å². The van der Waals surface area contributed by atoms with Gasteiger partial charge in [-0.1, -0.05) is 19.8 Å². The predicted molar refractivity (Wildman–Crippen MR) is 52.2 cm³/mol. The van der Waals surface area contributed by atoms with Gasteiger partial charge in [-0.3, -0.25) is 4.98 Å². The van der Waals surface area contributed by atoms with Crippen molar-refractivity contribution in [1.29, 1.82) is 0 Å². The molecule has 4 heteroatoms. The van der Waals surface area contributed by atoms with Crippen LogP contribution in [0.5, 0.6) is 0 Å². The lowest BCUT2D eigenvalue weighted by molar-refractivity contribution is 0.0688. The number of aromatic carboxylic acids is 1. The van der Waals surface area contributed by atoms with Crippen molar-refractivity contribution in [1.82, 2.24) is 9.97 Å². The summed E-state index contributed by atoms with van der Waals surface area (Å²) < 4.78 is 0. The molecule has 0 aliphatic carbocycles. The molecule has 0 atom stereocenters. The molecule has 0 unspecified atom stereocenters. The first-order chi connectivity index (χ1) is 6.75. The maximum atomic E-state index is 10.8. The highest BCUT2D eigenvalue weighted by atomic mass is 16.4. The number of aromatic nitrogens is 2. The van der Waals surface area contributed by atoms with Gasteiger partial charge in [-0.2, -0.15) is 0 Å². The van der Waals surface area contributed by atoms with E-state index in [0.29, 0.717) is 12.1 Å². The molecule has 0 saturated heterocycles. The Morgan fingerprint density at radius 3 is 2.71 bits per heavy atom. The summed E-state index contributed by atoms with van der Waals surface area (Å²) >= 11 is 0. The number of carboxylic acids is 1. The number of rotatable bonds is 5. The van der Waals surface area contributed by atoms with Crippen molar-refractivity contribution in [3.63, 3.8) is 0 Å². The van der Waals surface area contributed by atoms with Crippen molar-refractivity contribution in [2.45, 2.75) is 32.6 Å². The number of carbonyl (C=O) groups is 1. The van der Waals surface area contributed by atoms with Crippen LogP contribution in [0.3, 0.4) is 0 Å². The Morgan fingerprint density at radius 1 is 1.36 bits per heavy atom. The molecule has 0 aromatic carbocycles. The molecule has 4 nitrogen and oxygen atoms in total. The van der Waals surface area contributed by atoms with Crippen LogP contribution < -0.4 is 0 Å². The number of hydrogen-bond donors (Lipinski definition) is 1. The third-order valence-electron chi connectivity index (χ3n) is 1.99. The fourth-order valence-corrected chi connectivity index (χ4v) is 1.27. The molecular formula is C10H14N2O2. The highest BCUT2D eigenvalue weighted by molar-refractivity contribution is 5.86. The zero-order valence-corrected chi connectivity index (χ0v) is 8.23. The van der Waals surface area contributed by atoms with Crippen LogP contribution in [0, 0.1) is 0 Å². The van der Waals surface area contributed by atoms with Crippen molar-refractivity contribution in [2.24, 2.45) is 0 Å². The Kier molecular flexibility index (Phi) is 4.04. The number of carboxylic acid groups (broad SMARTS) is 1. The minimum absolute atomic E-state index is 0.0867. The van der Waals surface area contributed by atoms with Crippen LogP contribution in [0.25, 0.3) is 0 Å². The Bertz CT molecular complexity index is 313. The standard InChI is InChI=1S/C10H14N2O2/c1-2-3-4-5-8-9(10(13)14)12-7-6-11-8/h6-7H,2-5H2,1H3,(H,13,14). The van der Waals surface area contributed by atoms with Gasteiger partial charge in [-0.25, -0.2) is 9.78 Å². The van der Waals surface area contributed by atoms with Crippen molar-refractivity contribution in [2.75, 3.05) is 0 Å². The molecule has 0 aliphatic rings. The van der Waals surface area contributed by atoms with Gasteiger partial charge in [0, 0.05) is 12.4 Å². The first kappa shape index (κ1) is 10.6. The molecule has 0 saturated carbocycles. The van der Waals surface area contributed by atoms with Gasteiger partial charge in [0.15, 0.2) is 5.69 Å². The van der Waals surface area contributed by atoms with Gasteiger partial charge in [-0.05, 0) is 12.8 Å². The van der Waals surface area contributed by atoms with Gasteiger partial charge in [0.05, 0.1) is 5.69 Å². The summed E-state index contributed by atoms with van der Waals surface area (Å²) in [4.78, 5) is 18.6. The van der Waals surface area contributed by atoms with Crippen LogP contribution in [0.15, 0.2) is 12.4 Å². The minimum atomic E-state index is -0.996. The molecule has 1 heterocycles. The second kappa shape index (κ2) is 5.32. The van der Waals surface area contributed by atoms with E-state index in [4.69, 9.17) is 5.11 Å². The van der Waals surface area contributed by atoms with E-state index in [0.717, 1.165) is 19.3 Å². The van der Waals surface area contributed by atoms with Gasteiger partial charge in [0.25, 0.3) is 0 Å². The van der Waals surface area contributed by atoms with Crippen LogP contribution >= 0.6 is 0 Å². The van der Waals surface area contributed by atoms with E-state index in [9.17, 15) is 4.79 Å². The maximum absolute atomic E-state index is 10.8. The third kappa shape index (κ3) is 2.80. The summed E-state index contributed by atoms with van der Waals surface area (Å²) in [6.07, 6.45) is 6.82. The molecule has 0 amide bonds. The molecule has 76 valence electrons. The smallest absolute Gasteiger partial charge is 0.356 e. The Hall–Kier alpha value is -1.45. The highest BCUT2D eigenvalue weighted by Gasteiger charge is 2.11. The van der Waals surface area contributed by atoms with Crippen molar-refractivity contribution >= 4 is 5.97 Å². The molecule has 0 spiro atoms. The van der Waals surface area contributed by atoms with Crippen molar-refractivity contribution in [3.05, 3.63) is 23.8 Å². The summed E-state index contributed by atoms with van der Waals surface area (Å²) in [6, 6.07) is 0. The van der Waals surface area contributed by atoms with Crippen LogP contribution in [0.2, 0.25) is 0 Å². The summed E-state index contributed by atoms with van der Waals surface area (Å²) in [7, 11) is 0. The largest absolute Gasteiger partial charge is 0.476 e. The average molecular weight is 194 g/mol. The monoisotopic (exact) mass is 194 g/mol. The van der Waals surface area contributed by atoms with E-state index < -0.39 is 5.97 Å². The van der Waals surface area contributed by atoms with Gasteiger partial charge >= 0.3 is 5.97 Å². The average Bonchev–Trinajstić information content (AvgIpc) is 2.19. The van der Waals surface area contributed by atoms with E-state index in [1.165, 1.54) is 12.4 Å². The third-order valence-corrected chi connectivity index (χ3v) is 1.99. The lowest BCUT2D eigenvalue weighted by Crippen LogP contribution is -2.07. The number of unbranched alkanes of at least 4 members (excludes halogenated alkanes) is 2. The number of nitrogens with zero attached hydrogens (tertiary/aromatic N) is 2. The van der Waals surface area contributed by atoms with Gasteiger partial charge in [-0.15, -0.1) is 0 Å². The SMILES string of the molecule is CCCCCc1nccnc1C(=O)O. The van der Waals surface area contributed by atoms with E-state index in [1.54, 1.807) is 0 Å². The molecule has 1 rings (SSSR count). The molecule has 1 N–H and O–H groups in total. The first-order valence-electron chi connectivity index (χ1n) is 4.79. The maximum Gasteiger partial charge on any atom is 0.356 e. The van der Waals surface area contributed by atoms with Gasteiger partial charge in [0.2, 0.25) is 0 Å². The van der Waals surface area contributed by atoms with Crippen molar-refractivity contribution in [3.8, 4) is 0 Å². The molecule has 1 aromatic heterocycles. The summed E-state index contributed by atoms with van der Waals surface area (Å²) in [5.74, 6) is -0.996. The summed E-state index contributed by atoms with van der Waals surface area (Å²) in [5.41, 5.74) is 0.678. The van der Waals surface area contributed by atoms with Gasteiger partial charge < -0.3 is 5.11 Å². The Labute approximate surface area is 83.0 Å². The second-order valence-electron chi connectivity index (χ2n) is 3.11. The van der Waals surface area contributed by atoms with Crippen LogP contribution in [0.1, 0.15) is 42.4 Å². The van der Waals surface area contributed by atoms with Crippen LogP contribution in [-0.4, -0.2) is 21.0 Å². The number of aryl methyl sites for hydroxylation is 1. The first-order valence-corrected chi connectivity index (χ1v) is 4.79. The highest BCUT2D eigenvalue weighted by Crippen LogP contribution is 2.07. The lowest BCUT2D eigenvalue weighted by atomic mass is 10.1. The zero-order chi connectivity index (χ0) is 10.4. The van der Waals surface area contributed by atoms with Crippen molar-refractivity contribution < 1.29 is 9.90 Å². The van der Waals surface area contributed by atoms with E-state index in [-0.39, 0.29) is 5.69 Å². The molecule has 0 radical (unpaired) electrons. The van der Waals surface area contributed by atoms with Crippen LogP contribution in [0.4, 0.5) is 0 Å². The van der Waals surface area contributed by atoms with E-state index >= 15 is 0 Å². The molecule has 0 bridgehead atoms. The predicted octanol–water partition coefficient (Wildman–Crippen LogP) is 1.91. The molecular weight excluding hydrogens is 180 g/mol. The molecule has 0 fully saturated rings. The Balaban J connectivity index is 2.69. The fraction of sp³-hybridized carbons (Fsp3) is 0.500.